The zero-order valence-corrected chi connectivity index (χ0v) is 15.0. The average Bonchev–Trinajstić information content (AvgIpc) is 2.67. The molecule has 3 N–H and O–H groups in total. The summed E-state index contributed by atoms with van der Waals surface area (Å²) in [5.74, 6) is -0.842. The van der Waals surface area contributed by atoms with Crippen LogP contribution in [0.15, 0.2) is 48.8 Å². The van der Waals surface area contributed by atoms with E-state index in [0.717, 1.165) is 11.1 Å². The molecule has 0 radical (unpaired) electrons. The lowest BCUT2D eigenvalue weighted by molar-refractivity contribution is -0.127. The van der Waals surface area contributed by atoms with Crippen LogP contribution in [0, 0.1) is 11.7 Å². The van der Waals surface area contributed by atoms with Gasteiger partial charge >= 0.3 is 0 Å². The van der Waals surface area contributed by atoms with Crippen molar-refractivity contribution in [2.24, 2.45) is 11.7 Å². The Hall–Kier alpha value is -2.80. The van der Waals surface area contributed by atoms with Crippen molar-refractivity contribution in [1.82, 2.24) is 15.2 Å². The van der Waals surface area contributed by atoms with Gasteiger partial charge in [0.25, 0.3) is 0 Å². The number of aromatic nitrogens is 1. The van der Waals surface area contributed by atoms with E-state index >= 15 is 0 Å². The van der Waals surface area contributed by atoms with Crippen molar-refractivity contribution >= 4 is 11.8 Å². The molecule has 0 bridgehead atoms. The molecule has 0 spiro atoms. The highest BCUT2D eigenvalue weighted by atomic mass is 19.1. The van der Waals surface area contributed by atoms with Crippen molar-refractivity contribution in [1.29, 1.82) is 0 Å². The first kappa shape index (κ1) is 19.0. The summed E-state index contributed by atoms with van der Waals surface area (Å²) in [5, 5.41) is 3.10. The van der Waals surface area contributed by atoms with Gasteiger partial charge in [0.05, 0.1) is 12.6 Å². The van der Waals surface area contributed by atoms with E-state index in [-0.39, 0.29) is 36.1 Å². The second kappa shape index (κ2) is 8.73. The Labute approximate surface area is 157 Å². The van der Waals surface area contributed by atoms with Crippen molar-refractivity contribution in [3.63, 3.8) is 0 Å². The number of piperidine rings is 1. The summed E-state index contributed by atoms with van der Waals surface area (Å²) in [7, 11) is 0. The maximum atomic E-state index is 13.3. The fourth-order valence-corrected chi connectivity index (χ4v) is 3.40. The molecule has 0 unspecified atom stereocenters. The summed E-state index contributed by atoms with van der Waals surface area (Å²) in [4.78, 5) is 29.9. The third-order valence-electron chi connectivity index (χ3n) is 4.87. The minimum absolute atomic E-state index is 0.0418. The van der Waals surface area contributed by atoms with Gasteiger partial charge in [-0.05, 0) is 61.3 Å². The average molecular weight is 370 g/mol. The van der Waals surface area contributed by atoms with Crippen LogP contribution in [0.4, 0.5) is 4.39 Å². The topological polar surface area (TPSA) is 88.3 Å². The summed E-state index contributed by atoms with van der Waals surface area (Å²) in [6.45, 7) is 1.55. The number of likely N-dealkylation sites (tertiary alicyclic amines) is 1. The Morgan fingerprint density at radius 1 is 1.11 bits per heavy atom. The highest BCUT2D eigenvalue weighted by molar-refractivity contribution is 5.80. The predicted molar refractivity (Wildman–Crippen MR) is 99.0 cm³/mol. The van der Waals surface area contributed by atoms with Gasteiger partial charge in [-0.1, -0.05) is 12.1 Å². The van der Waals surface area contributed by atoms with Gasteiger partial charge < -0.3 is 11.1 Å². The number of amides is 2. The minimum atomic E-state index is -0.371. The number of nitrogens with one attached hydrogen (secondary N) is 1. The lowest BCUT2D eigenvalue weighted by atomic mass is 9.93. The third kappa shape index (κ3) is 5.10. The van der Waals surface area contributed by atoms with Crippen LogP contribution in [0.25, 0.3) is 0 Å². The molecule has 2 amide bonds. The molecule has 2 heterocycles. The molecule has 142 valence electrons. The highest BCUT2D eigenvalue weighted by Gasteiger charge is 2.27. The summed E-state index contributed by atoms with van der Waals surface area (Å²) in [5.41, 5.74) is 6.92. The number of carbonyl (C=O) groups is 2. The molecule has 1 aliphatic rings. The van der Waals surface area contributed by atoms with Gasteiger partial charge in [-0.2, -0.15) is 0 Å². The van der Waals surface area contributed by atoms with Gasteiger partial charge in [-0.15, -0.1) is 0 Å². The van der Waals surface area contributed by atoms with Gasteiger partial charge in [0.2, 0.25) is 11.8 Å². The molecule has 0 saturated carbocycles. The summed E-state index contributed by atoms with van der Waals surface area (Å²) < 4.78 is 13.3. The number of nitrogens with zero attached hydrogens (tertiary/aromatic N) is 2. The SMILES string of the molecule is NC(=O)CN1CCC(C(=O)N[C@H](c2ccncc2)c2ccc(F)cc2)CC1. The molecule has 6 nitrogen and oxygen atoms in total. The van der Waals surface area contributed by atoms with E-state index in [4.69, 9.17) is 5.73 Å². The number of benzene rings is 1. The van der Waals surface area contributed by atoms with Gasteiger partial charge in [-0.3, -0.25) is 19.5 Å². The molecule has 27 heavy (non-hydrogen) atoms. The summed E-state index contributed by atoms with van der Waals surface area (Å²) in [6.07, 6.45) is 4.68. The van der Waals surface area contributed by atoms with E-state index in [9.17, 15) is 14.0 Å². The number of pyridine rings is 1. The maximum absolute atomic E-state index is 13.3. The molecule has 3 rings (SSSR count). The molecular formula is C20H23FN4O2. The molecule has 1 aromatic carbocycles. The first-order valence-electron chi connectivity index (χ1n) is 8.99. The van der Waals surface area contributed by atoms with Crippen molar-refractivity contribution in [2.75, 3.05) is 19.6 Å². The van der Waals surface area contributed by atoms with Crippen molar-refractivity contribution in [3.8, 4) is 0 Å². The first-order chi connectivity index (χ1) is 13.0. The highest BCUT2D eigenvalue weighted by Crippen LogP contribution is 2.24. The summed E-state index contributed by atoms with van der Waals surface area (Å²) in [6, 6.07) is 9.43. The van der Waals surface area contributed by atoms with Gasteiger partial charge in [0.1, 0.15) is 5.82 Å². The maximum Gasteiger partial charge on any atom is 0.231 e. The standard InChI is InChI=1S/C20H23FN4O2/c21-17-3-1-14(2-4-17)19(15-5-9-23-10-6-15)24-20(27)16-7-11-25(12-8-16)13-18(22)26/h1-6,9-10,16,19H,7-8,11-13H2,(H2,22,26)(H,24,27)/t19-/m0/s1. The number of nitrogens with two attached hydrogens (primary N) is 1. The van der Waals surface area contributed by atoms with Gasteiger partial charge in [0.15, 0.2) is 0 Å². The molecule has 1 saturated heterocycles. The van der Waals surface area contributed by atoms with E-state index < -0.39 is 0 Å². The van der Waals surface area contributed by atoms with Crippen LogP contribution < -0.4 is 11.1 Å². The fourth-order valence-electron chi connectivity index (χ4n) is 3.40. The molecule has 2 aromatic rings. The molecule has 0 aliphatic carbocycles. The smallest absolute Gasteiger partial charge is 0.231 e. The molecule has 1 atom stereocenters. The van der Waals surface area contributed by atoms with Crippen LogP contribution in [0.1, 0.15) is 30.0 Å². The van der Waals surface area contributed by atoms with Crippen LogP contribution in [0.5, 0.6) is 0 Å². The number of hydrogen-bond donors (Lipinski definition) is 2. The number of rotatable bonds is 6. The Morgan fingerprint density at radius 2 is 1.70 bits per heavy atom. The van der Waals surface area contributed by atoms with E-state index in [1.807, 2.05) is 17.0 Å². The van der Waals surface area contributed by atoms with E-state index in [1.165, 1.54) is 12.1 Å². The molecule has 1 aliphatic heterocycles. The molecule has 7 heteroatoms. The van der Waals surface area contributed by atoms with Crippen LogP contribution in [0.2, 0.25) is 0 Å². The van der Waals surface area contributed by atoms with Gasteiger partial charge in [0, 0.05) is 18.3 Å². The lowest BCUT2D eigenvalue weighted by Gasteiger charge is -2.31. The molecular weight excluding hydrogens is 347 g/mol. The van der Waals surface area contributed by atoms with E-state index in [1.54, 1.807) is 24.5 Å². The number of primary amides is 1. The third-order valence-corrected chi connectivity index (χ3v) is 4.87. The number of carbonyl (C=O) groups excluding carboxylic acids is 2. The largest absolute Gasteiger partial charge is 0.369 e. The van der Waals surface area contributed by atoms with Crippen LogP contribution >= 0.6 is 0 Å². The zero-order chi connectivity index (χ0) is 19.2. The van der Waals surface area contributed by atoms with Crippen LogP contribution in [-0.4, -0.2) is 41.3 Å². The Kier molecular flexibility index (Phi) is 6.13. The van der Waals surface area contributed by atoms with E-state index in [0.29, 0.717) is 25.9 Å². The lowest BCUT2D eigenvalue weighted by Crippen LogP contribution is -2.44. The molecule has 1 fully saturated rings. The molecule has 1 aromatic heterocycles. The Bertz CT molecular complexity index is 774. The predicted octanol–water partition coefficient (Wildman–Crippen LogP) is 1.62. The monoisotopic (exact) mass is 370 g/mol. The fraction of sp³-hybridized carbons (Fsp3) is 0.350. The minimum Gasteiger partial charge on any atom is -0.369 e. The first-order valence-corrected chi connectivity index (χ1v) is 8.99. The van der Waals surface area contributed by atoms with Crippen LogP contribution in [0.3, 0.4) is 0 Å². The second-order valence-corrected chi connectivity index (χ2v) is 6.79. The number of hydrogen-bond acceptors (Lipinski definition) is 4. The Morgan fingerprint density at radius 3 is 2.30 bits per heavy atom. The zero-order valence-electron chi connectivity index (χ0n) is 15.0. The Balaban J connectivity index is 1.70. The number of halogens is 1. The van der Waals surface area contributed by atoms with Crippen molar-refractivity contribution in [3.05, 3.63) is 65.7 Å². The van der Waals surface area contributed by atoms with E-state index in [2.05, 4.69) is 10.3 Å². The normalized spacial score (nSPS) is 16.6. The van der Waals surface area contributed by atoms with Crippen molar-refractivity contribution < 1.29 is 14.0 Å². The quantitative estimate of drug-likeness (QED) is 0.809. The van der Waals surface area contributed by atoms with Crippen molar-refractivity contribution in [2.45, 2.75) is 18.9 Å². The van der Waals surface area contributed by atoms with Gasteiger partial charge in [-0.25, -0.2) is 4.39 Å². The summed E-state index contributed by atoms with van der Waals surface area (Å²) >= 11 is 0. The van der Waals surface area contributed by atoms with Crippen LogP contribution in [-0.2, 0) is 9.59 Å². The second-order valence-electron chi connectivity index (χ2n) is 6.79.